The molecule has 3 nitrogen and oxygen atoms in total. The zero-order valence-electron chi connectivity index (χ0n) is 10.1. The molecule has 0 N–H and O–H groups in total. The van der Waals surface area contributed by atoms with E-state index in [1.807, 2.05) is 0 Å². The zero-order chi connectivity index (χ0) is 13.1. The van der Waals surface area contributed by atoms with Crippen molar-refractivity contribution < 1.29 is 9.13 Å². The maximum atomic E-state index is 14.1. The van der Waals surface area contributed by atoms with Crippen LogP contribution in [0.25, 0.3) is 11.1 Å². The van der Waals surface area contributed by atoms with E-state index in [2.05, 4.69) is 11.1 Å². The van der Waals surface area contributed by atoms with Gasteiger partial charge in [0, 0.05) is 23.0 Å². The van der Waals surface area contributed by atoms with Gasteiger partial charge in [-0.1, -0.05) is 12.1 Å². The van der Waals surface area contributed by atoms with Crippen LogP contribution in [-0.2, 0) is 0 Å². The van der Waals surface area contributed by atoms with Crippen LogP contribution in [0, 0.1) is 24.1 Å². The second-order valence-corrected chi connectivity index (χ2v) is 3.80. The summed E-state index contributed by atoms with van der Waals surface area (Å²) in [6, 6.07) is 8.50. The molecule has 1 aromatic heterocycles. The van der Waals surface area contributed by atoms with Gasteiger partial charge in [0.05, 0.1) is 18.7 Å². The number of halogens is 1. The summed E-state index contributed by atoms with van der Waals surface area (Å²) in [7, 11) is 1.40. The number of pyridine rings is 1. The van der Waals surface area contributed by atoms with Crippen molar-refractivity contribution in [3.63, 3.8) is 0 Å². The van der Waals surface area contributed by atoms with Gasteiger partial charge in [0.15, 0.2) is 11.6 Å². The highest BCUT2D eigenvalue weighted by Crippen LogP contribution is 2.30. The van der Waals surface area contributed by atoms with Crippen molar-refractivity contribution in [2.24, 2.45) is 0 Å². The van der Waals surface area contributed by atoms with Gasteiger partial charge in [-0.2, -0.15) is 5.26 Å². The van der Waals surface area contributed by atoms with Crippen molar-refractivity contribution in [1.29, 1.82) is 5.26 Å². The van der Waals surface area contributed by atoms with Crippen LogP contribution in [0.5, 0.6) is 5.75 Å². The highest BCUT2D eigenvalue weighted by molar-refractivity contribution is 5.71. The molecule has 2 rings (SSSR count). The van der Waals surface area contributed by atoms with E-state index in [1.54, 1.807) is 25.1 Å². The van der Waals surface area contributed by atoms with E-state index in [-0.39, 0.29) is 5.75 Å². The van der Waals surface area contributed by atoms with Crippen molar-refractivity contribution in [3.05, 3.63) is 47.5 Å². The lowest BCUT2D eigenvalue weighted by molar-refractivity contribution is 0.387. The molecule has 0 saturated heterocycles. The quantitative estimate of drug-likeness (QED) is 0.813. The molecular weight excluding hydrogens is 231 g/mol. The fourth-order valence-corrected chi connectivity index (χ4v) is 1.74. The lowest BCUT2D eigenvalue weighted by atomic mass is 10.0. The lowest BCUT2D eigenvalue weighted by Crippen LogP contribution is -1.95. The maximum absolute atomic E-state index is 14.1. The first-order valence-corrected chi connectivity index (χ1v) is 5.37. The first-order valence-electron chi connectivity index (χ1n) is 5.37. The number of nitrogens with zero attached hydrogens (tertiary/aromatic N) is 2. The molecule has 0 aliphatic carbocycles. The highest BCUT2D eigenvalue weighted by Gasteiger charge is 2.14. The SMILES string of the molecule is COc1cccc(-c2cnc(C)cc2C#N)c1F. The van der Waals surface area contributed by atoms with Crippen LogP contribution in [0.2, 0.25) is 0 Å². The summed E-state index contributed by atoms with van der Waals surface area (Å²) in [5.74, 6) is -0.334. The average molecular weight is 242 g/mol. The number of rotatable bonds is 2. The van der Waals surface area contributed by atoms with Gasteiger partial charge in [-0.05, 0) is 19.1 Å². The zero-order valence-corrected chi connectivity index (χ0v) is 10.1. The van der Waals surface area contributed by atoms with Crippen molar-refractivity contribution in [3.8, 4) is 22.9 Å². The first kappa shape index (κ1) is 12.1. The normalized spacial score (nSPS) is 9.89. The molecule has 0 atom stereocenters. The molecule has 18 heavy (non-hydrogen) atoms. The van der Waals surface area contributed by atoms with E-state index in [4.69, 9.17) is 10.00 Å². The van der Waals surface area contributed by atoms with Crippen LogP contribution in [0.1, 0.15) is 11.3 Å². The van der Waals surface area contributed by atoms with E-state index in [0.29, 0.717) is 16.7 Å². The Morgan fingerprint density at radius 1 is 1.33 bits per heavy atom. The topological polar surface area (TPSA) is 45.9 Å². The summed E-state index contributed by atoms with van der Waals surface area (Å²) in [5.41, 5.74) is 1.91. The molecule has 0 amide bonds. The number of nitriles is 1. The third-order valence-corrected chi connectivity index (χ3v) is 2.63. The van der Waals surface area contributed by atoms with Gasteiger partial charge in [0.1, 0.15) is 0 Å². The average Bonchev–Trinajstić information content (AvgIpc) is 2.39. The molecule has 1 aromatic carbocycles. The molecule has 0 aliphatic rings. The number of methoxy groups -OCH3 is 1. The molecule has 0 aliphatic heterocycles. The second kappa shape index (κ2) is 4.84. The van der Waals surface area contributed by atoms with Crippen LogP contribution in [0.3, 0.4) is 0 Å². The van der Waals surface area contributed by atoms with Gasteiger partial charge in [-0.3, -0.25) is 4.98 Å². The monoisotopic (exact) mass is 242 g/mol. The molecule has 2 aromatic rings. The third-order valence-electron chi connectivity index (χ3n) is 2.63. The summed E-state index contributed by atoms with van der Waals surface area (Å²) in [6.07, 6.45) is 1.51. The number of benzene rings is 1. The smallest absolute Gasteiger partial charge is 0.172 e. The summed E-state index contributed by atoms with van der Waals surface area (Å²) in [4.78, 5) is 4.10. The van der Waals surface area contributed by atoms with Crippen molar-refractivity contribution >= 4 is 0 Å². The Morgan fingerprint density at radius 2 is 2.11 bits per heavy atom. The molecule has 1 heterocycles. The van der Waals surface area contributed by atoms with Crippen LogP contribution >= 0.6 is 0 Å². The Hall–Kier alpha value is -2.41. The van der Waals surface area contributed by atoms with Gasteiger partial charge >= 0.3 is 0 Å². The van der Waals surface area contributed by atoms with Crippen LogP contribution in [0.4, 0.5) is 4.39 Å². The molecule has 90 valence electrons. The van der Waals surface area contributed by atoms with Crippen molar-refractivity contribution in [2.75, 3.05) is 7.11 Å². The molecule has 0 unspecified atom stereocenters. The Bertz CT molecular complexity index is 632. The highest BCUT2D eigenvalue weighted by atomic mass is 19.1. The molecule has 0 spiro atoms. The summed E-state index contributed by atoms with van der Waals surface area (Å²) < 4.78 is 19.0. The van der Waals surface area contributed by atoms with Crippen LogP contribution in [-0.4, -0.2) is 12.1 Å². The van der Waals surface area contributed by atoms with E-state index in [1.165, 1.54) is 19.4 Å². The van der Waals surface area contributed by atoms with E-state index < -0.39 is 5.82 Å². The number of aryl methyl sites for hydroxylation is 1. The molecule has 0 saturated carbocycles. The van der Waals surface area contributed by atoms with E-state index >= 15 is 0 Å². The van der Waals surface area contributed by atoms with Gasteiger partial charge in [0.2, 0.25) is 0 Å². The standard InChI is InChI=1S/C14H11FN2O/c1-9-6-10(7-16)12(8-17-9)11-4-3-5-13(18-2)14(11)15/h3-6,8H,1-2H3. The number of ether oxygens (including phenoxy) is 1. The molecule has 0 fully saturated rings. The van der Waals surface area contributed by atoms with Gasteiger partial charge in [-0.25, -0.2) is 4.39 Å². The largest absolute Gasteiger partial charge is 0.494 e. The van der Waals surface area contributed by atoms with Crippen LogP contribution in [0.15, 0.2) is 30.5 Å². The minimum atomic E-state index is -0.484. The number of hydrogen-bond donors (Lipinski definition) is 0. The Kier molecular flexibility index (Phi) is 3.24. The Labute approximate surface area is 104 Å². The van der Waals surface area contributed by atoms with Crippen molar-refractivity contribution in [2.45, 2.75) is 6.92 Å². The van der Waals surface area contributed by atoms with Gasteiger partial charge in [0.25, 0.3) is 0 Å². The fraction of sp³-hybridized carbons (Fsp3) is 0.143. The van der Waals surface area contributed by atoms with Crippen molar-refractivity contribution in [1.82, 2.24) is 4.98 Å². The minimum absolute atomic E-state index is 0.150. The predicted octanol–water partition coefficient (Wildman–Crippen LogP) is 3.08. The number of hydrogen-bond acceptors (Lipinski definition) is 3. The third kappa shape index (κ3) is 2.03. The summed E-state index contributed by atoms with van der Waals surface area (Å²) >= 11 is 0. The predicted molar refractivity (Wildman–Crippen MR) is 65.6 cm³/mol. The molecule has 0 radical (unpaired) electrons. The summed E-state index contributed by atoms with van der Waals surface area (Å²) in [6.45, 7) is 1.78. The fourth-order valence-electron chi connectivity index (χ4n) is 1.74. The lowest BCUT2D eigenvalue weighted by Gasteiger charge is -2.08. The Balaban J connectivity index is 2.66. The van der Waals surface area contributed by atoms with Gasteiger partial charge < -0.3 is 4.74 Å². The minimum Gasteiger partial charge on any atom is -0.494 e. The summed E-state index contributed by atoms with van der Waals surface area (Å²) in [5, 5.41) is 9.09. The molecule has 4 heteroatoms. The van der Waals surface area contributed by atoms with E-state index in [0.717, 1.165) is 5.69 Å². The maximum Gasteiger partial charge on any atom is 0.172 e. The van der Waals surface area contributed by atoms with Crippen LogP contribution < -0.4 is 4.74 Å². The molecular formula is C14H11FN2O. The molecule has 0 bridgehead atoms. The first-order chi connectivity index (χ1) is 8.67. The van der Waals surface area contributed by atoms with Gasteiger partial charge in [-0.15, -0.1) is 0 Å². The number of aromatic nitrogens is 1. The second-order valence-electron chi connectivity index (χ2n) is 3.80. The van der Waals surface area contributed by atoms with E-state index in [9.17, 15) is 4.39 Å². The Morgan fingerprint density at radius 3 is 2.78 bits per heavy atom.